The van der Waals surface area contributed by atoms with Crippen LogP contribution in [0.4, 0.5) is 0 Å². The molecule has 0 aliphatic rings. The van der Waals surface area contributed by atoms with Crippen molar-refractivity contribution >= 4 is 33.4 Å². The molecule has 3 nitrogen and oxygen atoms in total. The fraction of sp³-hybridized carbons (Fsp3) is 0.462. The molecule has 0 aliphatic carbocycles. The molecule has 0 spiro atoms. The molecule has 100 valence electrons. The molecule has 0 saturated heterocycles. The van der Waals surface area contributed by atoms with Gasteiger partial charge in [0.1, 0.15) is 0 Å². The average molecular weight is 334 g/mol. The first-order chi connectivity index (χ1) is 8.25. The van der Waals surface area contributed by atoms with Crippen LogP contribution in [0.15, 0.2) is 22.7 Å². The molecule has 5 heteroatoms. The first-order valence-electron chi connectivity index (χ1n) is 5.67. The minimum Gasteiger partial charge on any atom is -0.341 e. The summed E-state index contributed by atoms with van der Waals surface area (Å²) in [5.41, 5.74) is 6.15. The fourth-order valence-electron chi connectivity index (χ4n) is 1.68. The van der Waals surface area contributed by atoms with Crippen molar-refractivity contribution in [3.8, 4) is 0 Å². The highest BCUT2D eigenvalue weighted by atomic mass is 79.9. The lowest BCUT2D eigenvalue weighted by Crippen LogP contribution is -2.39. The number of halogens is 2. The summed E-state index contributed by atoms with van der Waals surface area (Å²) < 4.78 is 0.796. The molecular weight excluding hydrogens is 316 g/mol. The second kappa shape index (κ2) is 6.04. The van der Waals surface area contributed by atoms with Gasteiger partial charge < -0.3 is 10.6 Å². The standard InChI is InChI=1S/C13H18BrClN2O/c1-13(2,7-16)8-17(3)12(18)9-4-10(14)6-11(15)5-9/h4-6H,7-8,16H2,1-3H3. The predicted octanol–water partition coefficient (Wildman–Crippen LogP) is 3.16. The molecule has 2 N–H and O–H groups in total. The summed E-state index contributed by atoms with van der Waals surface area (Å²) in [6.07, 6.45) is 0. The van der Waals surface area contributed by atoms with E-state index in [-0.39, 0.29) is 11.3 Å². The first kappa shape index (κ1) is 15.5. The molecule has 0 aromatic heterocycles. The van der Waals surface area contributed by atoms with E-state index in [0.29, 0.717) is 23.7 Å². The van der Waals surface area contributed by atoms with Gasteiger partial charge in [0.05, 0.1) is 0 Å². The second-order valence-corrected chi connectivity index (χ2v) is 6.54. The summed E-state index contributed by atoms with van der Waals surface area (Å²) >= 11 is 9.27. The van der Waals surface area contributed by atoms with E-state index in [1.807, 2.05) is 13.8 Å². The van der Waals surface area contributed by atoms with E-state index < -0.39 is 0 Å². The van der Waals surface area contributed by atoms with E-state index in [1.165, 1.54) is 0 Å². The van der Waals surface area contributed by atoms with Crippen LogP contribution in [0.25, 0.3) is 0 Å². The third-order valence-electron chi connectivity index (χ3n) is 2.67. The van der Waals surface area contributed by atoms with Gasteiger partial charge >= 0.3 is 0 Å². The van der Waals surface area contributed by atoms with Crippen LogP contribution in [-0.2, 0) is 0 Å². The lowest BCUT2D eigenvalue weighted by atomic mass is 9.93. The number of carbonyl (C=O) groups excluding carboxylic acids is 1. The third kappa shape index (κ3) is 4.26. The molecule has 0 radical (unpaired) electrons. The molecule has 1 rings (SSSR count). The third-order valence-corrected chi connectivity index (χ3v) is 3.35. The summed E-state index contributed by atoms with van der Waals surface area (Å²) in [6, 6.07) is 5.18. The minimum absolute atomic E-state index is 0.0558. The molecule has 0 saturated carbocycles. The van der Waals surface area contributed by atoms with Gasteiger partial charge in [-0.25, -0.2) is 0 Å². The Bertz CT molecular complexity index is 428. The van der Waals surface area contributed by atoms with E-state index in [0.717, 1.165) is 4.47 Å². The SMILES string of the molecule is CN(CC(C)(C)CN)C(=O)c1cc(Cl)cc(Br)c1. The van der Waals surface area contributed by atoms with Gasteiger partial charge in [-0.2, -0.15) is 0 Å². The van der Waals surface area contributed by atoms with Crippen LogP contribution in [-0.4, -0.2) is 30.9 Å². The number of amides is 1. The van der Waals surface area contributed by atoms with Gasteiger partial charge in [0.25, 0.3) is 5.91 Å². The predicted molar refractivity (Wildman–Crippen MR) is 78.9 cm³/mol. The Hall–Kier alpha value is -0.580. The summed E-state index contributed by atoms with van der Waals surface area (Å²) in [7, 11) is 1.77. The van der Waals surface area contributed by atoms with Crippen molar-refractivity contribution in [3.63, 3.8) is 0 Å². The van der Waals surface area contributed by atoms with Gasteiger partial charge in [0.15, 0.2) is 0 Å². The summed E-state index contributed by atoms with van der Waals surface area (Å²) in [5.74, 6) is -0.0558. The van der Waals surface area contributed by atoms with Gasteiger partial charge in [0.2, 0.25) is 0 Å². The van der Waals surface area contributed by atoms with Crippen molar-refractivity contribution in [1.29, 1.82) is 0 Å². The smallest absolute Gasteiger partial charge is 0.253 e. The van der Waals surface area contributed by atoms with Gasteiger partial charge in [-0.3, -0.25) is 4.79 Å². The second-order valence-electron chi connectivity index (χ2n) is 5.19. The maximum atomic E-state index is 12.2. The zero-order chi connectivity index (χ0) is 13.9. The number of nitrogens with two attached hydrogens (primary N) is 1. The molecular formula is C13H18BrClN2O. The average Bonchev–Trinajstić information content (AvgIpc) is 2.26. The summed E-state index contributed by atoms with van der Waals surface area (Å²) in [5, 5.41) is 0.541. The largest absolute Gasteiger partial charge is 0.341 e. The zero-order valence-corrected chi connectivity index (χ0v) is 13.2. The maximum absolute atomic E-state index is 12.2. The maximum Gasteiger partial charge on any atom is 0.253 e. The topological polar surface area (TPSA) is 46.3 Å². The van der Waals surface area contributed by atoms with Crippen LogP contribution < -0.4 is 5.73 Å². The fourth-order valence-corrected chi connectivity index (χ4v) is 2.54. The Morgan fingerprint density at radius 1 is 1.44 bits per heavy atom. The molecule has 1 aromatic rings. The summed E-state index contributed by atoms with van der Waals surface area (Å²) in [6.45, 7) is 5.20. The Morgan fingerprint density at radius 3 is 2.56 bits per heavy atom. The normalized spacial score (nSPS) is 11.4. The van der Waals surface area contributed by atoms with E-state index in [1.54, 1.807) is 30.1 Å². The van der Waals surface area contributed by atoms with Crippen molar-refractivity contribution in [2.24, 2.45) is 11.1 Å². The van der Waals surface area contributed by atoms with Crippen molar-refractivity contribution in [2.75, 3.05) is 20.1 Å². The number of hydrogen-bond acceptors (Lipinski definition) is 2. The lowest BCUT2D eigenvalue weighted by Gasteiger charge is -2.29. The van der Waals surface area contributed by atoms with Crippen molar-refractivity contribution in [1.82, 2.24) is 4.90 Å². The van der Waals surface area contributed by atoms with Crippen LogP contribution in [0.1, 0.15) is 24.2 Å². The molecule has 0 atom stereocenters. The van der Waals surface area contributed by atoms with Crippen LogP contribution in [0.3, 0.4) is 0 Å². The van der Waals surface area contributed by atoms with Crippen LogP contribution in [0, 0.1) is 5.41 Å². The lowest BCUT2D eigenvalue weighted by molar-refractivity contribution is 0.0740. The van der Waals surface area contributed by atoms with E-state index in [9.17, 15) is 4.79 Å². The number of nitrogens with zero attached hydrogens (tertiary/aromatic N) is 1. The van der Waals surface area contributed by atoms with Crippen molar-refractivity contribution in [2.45, 2.75) is 13.8 Å². The van der Waals surface area contributed by atoms with Crippen LogP contribution >= 0.6 is 27.5 Å². The zero-order valence-electron chi connectivity index (χ0n) is 10.8. The quantitative estimate of drug-likeness (QED) is 0.920. The molecule has 1 amide bonds. The highest BCUT2D eigenvalue weighted by Crippen LogP contribution is 2.21. The molecule has 0 aliphatic heterocycles. The van der Waals surface area contributed by atoms with Gasteiger partial charge in [-0.05, 0) is 30.2 Å². The highest BCUT2D eigenvalue weighted by molar-refractivity contribution is 9.10. The van der Waals surface area contributed by atoms with E-state index >= 15 is 0 Å². The first-order valence-corrected chi connectivity index (χ1v) is 6.84. The monoisotopic (exact) mass is 332 g/mol. The van der Waals surface area contributed by atoms with Crippen molar-refractivity contribution < 1.29 is 4.79 Å². The van der Waals surface area contributed by atoms with Crippen molar-refractivity contribution in [3.05, 3.63) is 33.3 Å². The van der Waals surface area contributed by atoms with Gasteiger partial charge in [0, 0.05) is 28.7 Å². The highest BCUT2D eigenvalue weighted by Gasteiger charge is 2.22. The molecule has 0 bridgehead atoms. The molecule has 18 heavy (non-hydrogen) atoms. The Balaban J connectivity index is 2.87. The number of rotatable bonds is 4. The number of carbonyl (C=O) groups is 1. The molecule has 0 heterocycles. The van der Waals surface area contributed by atoms with E-state index in [2.05, 4.69) is 15.9 Å². The number of hydrogen-bond donors (Lipinski definition) is 1. The molecule has 0 unspecified atom stereocenters. The van der Waals surface area contributed by atoms with Gasteiger partial charge in [-0.1, -0.05) is 41.4 Å². The molecule has 0 fully saturated rings. The van der Waals surface area contributed by atoms with Crippen LogP contribution in [0.5, 0.6) is 0 Å². The Labute approximate surface area is 121 Å². The van der Waals surface area contributed by atoms with E-state index in [4.69, 9.17) is 17.3 Å². The number of benzene rings is 1. The Kier molecular flexibility index (Phi) is 5.20. The Morgan fingerprint density at radius 2 is 2.06 bits per heavy atom. The summed E-state index contributed by atoms with van der Waals surface area (Å²) in [4.78, 5) is 13.9. The van der Waals surface area contributed by atoms with Crippen LogP contribution in [0.2, 0.25) is 5.02 Å². The minimum atomic E-state index is -0.0970. The van der Waals surface area contributed by atoms with Gasteiger partial charge in [-0.15, -0.1) is 0 Å². The molecule has 1 aromatic carbocycles.